The first-order valence-corrected chi connectivity index (χ1v) is 3.93. The standard InChI is InChI=1S/C9H16O/c1-4-6-7-9(10)8(3)5-2/h3-7H2,1-2H3. The maximum atomic E-state index is 11.0. The van der Waals surface area contributed by atoms with E-state index in [1.54, 1.807) is 0 Å². The van der Waals surface area contributed by atoms with Gasteiger partial charge in [-0.3, -0.25) is 4.79 Å². The molecule has 0 unspecified atom stereocenters. The summed E-state index contributed by atoms with van der Waals surface area (Å²) in [5.41, 5.74) is 0.772. The fourth-order valence-corrected chi connectivity index (χ4v) is 0.711. The molecular weight excluding hydrogens is 124 g/mol. The van der Waals surface area contributed by atoms with Crippen molar-refractivity contribution in [3.63, 3.8) is 0 Å². The first-order valence-electron chi connectivity index (χ1n) is 3.93. The molecule has 0 saturated carbocycles. The van der Waals surface area contributed by atoms with E-state index in [0.29, 0.717) is 6.42 Å². The molecular formula is C9H16O. The lowest BCUT2D eigenvalue weighted by molar-refractivity contribution is -0.115. The van der Waals surface area contributed by atoms with Crippen molar-refractivity contribution in [2.75, 3.05) is 0 Å². The molecule has 0 atom stereocenters. The Morgan fingerprint density at radius 2 is 2.00 bits per heavy atom. The molecule has 0 aliphatic heterocycles. The number of carbonyl (C=O) groups excluding carboxylic acids is 1. The summed E-state index contributed by atoms with van der Waals surface area (Å²) < 4.78 is 0. The van der Waals surface area contributed by atoms with Crippen LogP contribution in [0, 0.1) is 0 Å². The van der Waals surface area contributed by atoms with E-state index >= 15 is 0 Å². The Bertz CT molecular complexity index is 125. The Hall–Kier alpha value is -0.590. The Balaban J connectivity index is 3.52. The molecule has 1 nitrogen and oxygen atoms in total. The van der Waals surface area contributed by atoms with E-state index in [2.05, 4.69) is 13.5 Å². The van der Waals surface area contributed by atoms with Crippen molar-refractivity contribution in [2.24, 2.45) is 0 Å². The van der Waals surface area contributed by atoms with Crippen molar-refractivity contribution in [2.45, 2.75) is 39.5 Å². The SMILES string of the molecule is C=C(CC)C(=O)CCCC. The topological polar surface area (TPSA) is 17.1 Å². The highest BCUT2D eigenvalue weighted by Crippen LogP contribution is 2.05. The van der Waals surface area contributed by atoms with Crippen LogP contribution in [0.25, 0.3) is 0 Å². The minimum atomic E-state index is 0.240. The Kier molecular flexibility index (Phi) is 4.91. The summed E-state index contributed by atoms with van der Waals surface area (Å²) in [5, 5.41) is 0. The molecule has 0 saturated heterocycles. The third-order valence-electron chi connectivity index (χ3n) is 1.58. The van der Waals surface area contributed by atoms with Gasteiger partial charge >= 0.3 is 0 Å². The molecule has 0 radical (unpaired) electrons. The van der Waals surface area contributed by atoms with Crippen LogP contribution in [0.5, 0.6) is 0 Å². The van der Waals surface area contributed by atoms with Gasteiger partial charge in [0, 0.05) is 6.42 Å². The summed E-state index contributed by atoms with van der Waals surface area (Å²) in [6.07, 6.45) is 3.56. The second kappa shape index (κ2) is 5.21. The molecule has 1 heteroatoms. The van der Waals surface area contributed by atoms with Crippen LogP contribution in [0.3, 0.4) is 0 Å². The van der Waals surface area contributed by atoms with Crippen molar-refractivity contribution in [3.8, 4) is 0 Å². The molecule has 0 spiro atoms. The van der Waals surface area contributed by atoms with Crippen LogP contribution in [-0.2, 0) is 4.79 Å². The fraction of sp³-hybridized carbons (Fsp3) is 0.667. The molecule has 0 rings (SSSR count). The number of allylic oxidation sites excluding steroid dienone is 1. The summed E-state index contributed by atoms with van der Waals surface area (Å²) in [6.45, 7) is 7.73. The summed E-state index contributed by atoms with van der Waals surface area (Å²) in [5.74, 6) is 0.240. The Labute approximate surface area is 63.1 Å². The molecule has 0 fully saturated rings. The molecule has 0 aromatic heterocycles. The van der Waals surface area contributed by atoms with E-state index in [1.165, 1.54) is 0 Å². The zero-order valence-corrected chi connectivity index (χ0v) is 6.94. The van der Waals surface area contributed by atoms with Crippen LogP contribution in [0.15, 0.2) is 12.2 Å². The fourth-order valence-electron chi connectivity index (χ4n) is 0.711. The smallest absolute Gasteiger partial charge is 0.158 e. The average molecular weight is 140 g/mol. The lowest BCUT2D eigenvalue weighted by Crippen LogP contribution is -1.99. The second-order valence-electron chi connectivity index (χ2n) is 2.48. The van der Waals surface area contributed by atoms with Crippen LogP contribution in [0.2, 0.25) is 0 Å². The number of ketones is 1. The first kappa shape index (κ1) is 9.41. The zero-order chi connectivity index (χ0) is 7.98. The number of carbonyl (C=O) groups is 1. The number of hydrogen-bond acceptors (Lipinski definition) is 1. The van der Waals surface area contributed by atoms with E-state index in [1.807, 2.05) is 6.92 Å². The van der Waals surface area contributed by atoms with E-state index in [9.17, 15) is 4.79 Å². The number of unbranched alkanes of at least 4 members (excludes halogenated alkanes) is 1. The van der Waals surface area contributed by atoms with Crippen LogP contribution in [0.1, 0.15) is 39.5 Å². The second-order valence-corrected chi connectivity index (χ2v) is 2.48. The number of Topliss-reactive ketones (excluding diaryl/α,β-unsaturated/α-hetero) is 1. The monoisotopic (exact) mass is 140 g/mol. The third-order valence-corrected chi connectivity index (χ3v) is 1.58. The summed E-state index contributed by atoms with van der Waals surface area (Å²) in [7, 11) is 0. The van der Waals surface area contributed by atoms with Gasteiger partial charge in [-0.1, -0.05) is 26.8 Å². The highest BCUT2D eigenvalue weighted by atomic mass is 16.1. The van der Waals surface area contributed by atoms with Crippen molar-refractivity contribution in [1.29, 1.82) is 0 Å². The number of hydrogen-bond donors (Lipinski definition) is 0. The molecule has 0 aliphatic rings. The lowest BCUT2D eigenvalue weighted by Gasteiger charge is -1.98. The largest absolute Gasteiger partial charge is 0.295 e. The van der Waals surface area contributed by atoms with Gasteiger partial charge in [-0.05, 0) is 18.4 Å². The average Bonchev–Trinajstić information content (AvgIpc) is 1.98. The summed E-state index contributed by atoms with van der Waals surface area (Å²) in [6, 6.07) is 0. The van der Waals surface area contributed by atoms with Gasteiger partial charge in [-0.2, -0.15) is 0 Å². The Morgan fingerprint density at radius 1 is 1.40 bits per heavy atom. The van der Waals surface area contributed by atoms with Gasteiger partial charge in [0.15, 0.2) is 5.78 Å². The first-order chi connectivity index (χ1) is 4.72. The van der Waals surface area contributed by atoms with Crippen LogP contribution >= 0.6 is 0 Å². The minimum absolute atomic E-state index is 0.240. The normalized spacial score (nSPS) is 9.40. The van der Waals surface area contributed by atoms with Crippen molar-refractivity contribution in [1.82, 2.24) is 0 Å². The van der Waals surface area contributed by atoms with Gasteiger partial charge in [0.2, 0.25) is 0 Å². The summed E-state index contributed by atoms with van der Waals surface area (Å²) in [4.78, 5) is 11.0. The van der Waals surface area contributed by atoms with E-state index in [0.717, 1.165) is 24.8 Å². The molecule has 0 aromatic carbocycles. The predicted octanol–water partition coefficient (Wildman–Crippen LogP) is 2.71. The van der Waals surface area contributed by atoms with Gasteiger partial charge in [-0.15, -0.1) is 0 Å². The van der Waals surface area contributed by atoms with E-state index in [4.69, 9.17) is 0 Å². The Morgan fingerprint density at radius 3 is 2.40 bits per heavy atom. The van der Waals surface area contributed by atoms with Crippen molar-refractivity contribution < 1.29 is 4.79 Å². The van der Waals surface area contributed by atoms with Gasteiger partial charge in [-0.25, -0.2) is 0 Å². The van der Waals surface area contributed by atoms with Crippen LogP contribution in [0.4, 0.5) is 0 Å². The quantitative estimate of drug-likeness (QED) is 0.536. The molecule has 58 valence electrons. The van der Waals surface area contributed by atoms with Gasteiger partial charge in [0.1, 0.15) is 0 Å². The number of rotatable bonds is 5. The van der Waals surface area contributed by atoms with Gasteiger partial charge in [0.05, 0.1) is 0 Å². The highest BCUT2D eigenvalue weighted by molar-refractivity contribution is 5.94. The van der Waals surface area contributed by atoms with E-state index in [-0.39, 0.29) is 5.78 Å². The van der Waals surface area contributed by atoms with Gasteiger partial charge < -0.3 is 0 Å². The van der Waals surface area contributed by atoms with Crippen molar-refractivity contribution in [3.05, 3.63) is 12.2 Å². The highest BCUT2D eigenvalue weighted by Gasteiger charge is 2.02. The molecule has 10 heavy (non-hydrogen) atoms. The minimum Gasteiger partial charge on any atom is -0.295 e. The maximum Gasteiger partial charge on any atom is 0.158 e. The molecule has 0 aromatic rings. The predicted molar refractivity (Wildman–Crippen MR) is 44.0 cm³/mol. The van der Waals surface area contributed by atoms with Crippen LogP contribution in [-0.4, -0.2) is 5.78 Å². The molecule has 0 aliphatic carbocycles. The van der Waals surface area contributed by atoms with Crippen molar-refractivity contribution >= 4 is 5.78 Å². The zero-order valence-electron chi connectivity index (χ0n) is 6.94. The third kappa shape index (κ3) is 3.44. The summed E-state index contributed by atoms with van der Waals surface area (Å²) >= 11 is 0. The lowest BCUT2D eigenvalue weighted by atomic mass is 10.1. The molecule has 0 bridgehead atoms. The van der Waals surface area contributed by atoms with E-state index < -0.39 is 0 Å². The molecule has 0 N–H and O–H groups in total. The van der Waals surface area contributed by atoms with Gasteiger partial charge in [0.25, 0.3) is 0 Å². The maximum absolute atomic E-state index is 11.0. The van der Waals surface area contributed by atoms with Crippen LogP contribution < -0.4 is 0 Å². The molecule has 0 amide bonds. The molecule has 0 heterocycles.